The van der Waals surface area contributed by atoms with Crippen LogP contribution in [0.15, 0.2) is 42.9 Å². The van der Waals surface area contributed by atoms with Crippen LogP contribution in [0.5, 0.6) is 5.75 Å². The Morgan fingerprint density at radius 2 is 2.07 bits per heavy atom. The fraction of sp³-hybridized carbons (Fsp3) is 0.381. The lowest BCUT2D eigenvalue weighted by molar-refractivity contribution is 0.0922. The second-order valence-electron chi connectivity index (χ2n) is 7.37. The number of benzene rings is 1. The molecule has 1 amide bonds. The number of nitrogens with zero attached hydrogens (tertiary/aromatic N) is 3. The third kappa shape index (κ3) is 3.78. The molecule has 1 aliphatic rings. The van der Waals surface area contributed by atoms with Gasteiger partial charge in [0.2, 0.25) is 0 Å². The minimum Gasteiger partial charge on any atom is -0.497 e. The van der Waals surface area contributed by atoms with E-state index in [9.17, 15) is 4.79 Å². The van der Waals surface area contributed by atoms with Crippen molar-refractivity contribution in [2.24, 2.45) is 0 Å². The van der Waals surface area contributed by atoms with Crippen LogP contribution in [-0.4, -0.2) is 39.0 Å². The molecule has 146 valence electrons. The summed E-state index contributed by atoms with van der Waals surface area (Å²) in [7, 11) is 1.63. The van der Waals surface area contributed by atoms with Crippen molar-refractivity contribution in [3.63, 3.8) is 0 Å². The lowest BCUT2D eigenvalue weighted by Gasteiger charge is -2.29. The molecule has 0 spiro atoms. The summed E-state index contributed by atoms with van der Waals surface area (Å²) in [5.41, 5.74) is 3.32. The molecule has 0 atom stereocenters. The molecule has 0 aliphatic heterocycles. The molecule has 1 saturated carbocycles. The minimum atomic E-state index is -0.0926. The molecule has 1 aromatic carbocycles. The summed E-state index contributed by atoms with van der Waals surface area (Å²) in [5.74, 6) is 0.649. The molecule has 0 bridgehead atoms. The third-order valence-corrected chi connectivity index (χ3v) is 5.38. The predicted molar refractivity (Wildman–Crippen MR) is 106 cm³/mol. The number of aryl methyl sites for hydroxylation is 1. The van der Waals surface area contributed by atoms with Crippen molar-refractivity contribution in [1.29, 1.82) is 0 Å². The Morgan fingerprint density at radius 3 is 2.79 bits per heavy atom. The molecule has 2 aromatic heterocycles. The predicted octanol–water partition coefficient (Wildman–Crippen LogP) is 3.50. The molecule has 2 N–H and O–H groups in total. The van der Waals surface area contributed by atoms with Gasteiger partial charge in [0.05, 0.1) is 36.8 Å². The standard InChI is InChI=1S/C21H25N5O2/c1-14-11-23-26(13-14)17-8-6-16(7-9-17)24-21(27)19-12-22-25-20(19)15-4-3-5-18(10-15)28-2/h3-5,10-13,16-17H,6-9H2,1-2H3,(H,22,25)(H,24,27). The molecule has 7 heteroatoms. The van der Waals surface area contributed by atoms with Crippen molar-refractivity contribution >= 4 is 5.91 Å². The zero-order valence-electron chi connectivity index (χ0n) is 16.2. The number of carbonyl (C=O) groups is 1. The first-order valence-corrected chi connectivity index (χ1v) is 9.63. The second-order valence-corrected chi connectivity index (χ2v) is 7.37. The average Bonchev–Trinajstić information content (AvgIpc) is 3.38. The topological polar surface area (TPSA) is 84.8 Å². The van der Waals surface area contributed by atoms with E-state index in [0.29, 0.717) is 17.3 Å². The maximum atomic E-state index is 12.9. The van der Waals surface area contributed by atoms with Gasteiger partial charge in [-0.2, -0.15) is 10.2 Å². The Labute approximate surface area is 164 Å². The number of aromatic nitrogens is 4. The number of carbonyl (C=O) groups excluding carboxylic acids is 1. The van der Waals surface area contributed by atoms with E-state index < -0.39 is 0 Å². The molecule has 3 aromatic rings. The number of aromatic amines is 1. The van der Waals surface area contributed by atoms with Gasteiger partial charge in [-0.25, -0.2) is 0 Å². The van der Waals surface area contributed by atoms with E-state index in [0.717, 1.165) is 37.0 Å². The first kappa shape index (κ1) is 18.3. The summed E-state index contributed by atoms with van der Waals surface area (Å²) in [6.07, 6.45) is 9.49. The normalized spacial score (nSPS) is 19.4. The van der Waals surface area contributed by atoms with Crippen LogP contribution in [0, 0.1) is 6.92 Å². The zero-order chi connectivity index (χ0) is 19.5. The molecule has 1 fully saturated rings. The van der Waals surface area contributed by atoms with Crippen LogP contribution in [0.1, 0.15) is 47.6 Å². The van der Waals surface area contributed by atoms with Gasteiger partial charge in [-0.1, -0.05) is 12.1 Å². The molecule has 0 saturated heterocycles. The fourth-order valence-electron chi connectivity index (χ4n) is 3.84. The summed E-state index contributed by atoms with van der Waals surface area (Å²) >= 11 is 0. The number of H-pyrrole nitrogens is 1. The molecule has 0 radical (unpaired) electrons. The van der Waals surface area contributed by atoms with Gasteiger partial charge in [0.15, 0.2) is 0 Å². The summed E-state index contributed by atoms with van der Waals surface area (Å²) in [6, 6.07) is 8.19. The Bertz CT molecular complexity index is 953. The number of hydrogen-bond donors (Lipinski definition) is 2. The van der Waals surface area contributed by atoms with Crippen molar-refractivity contribution in [2.45, 2.75) is 44.7 Å². The lowest BCUT2D eigenvalue weighted by Crippen LogP contribution is -2.38. The Morgan fingerprint density at radius 1 is 1.25 bits per heavy atom. The van der Waals surface area contributed by atoms with Crippen LogP contribution in [0.3, 0.4) is 0 Å². The summed E-state index contributed by atoms with van der Waals surface area (Å²) in [5, 5.41) is 14.6. The van der Waals surface area contributed by atoms with Crippen LogP contribution in [0.25, 0.3) is 11.3 Å². The van der Waals surface area contributed by atoms with E-state index in [1.807, 2.05) is 30.5 Å². The molecule has 1 aliphatic carbocycles. The number of methoxy groups -OCH3 is 1. The monoisotopic (exact) mass is 379 g/mol. The van der Waals surface area contributed by atoms with Crippen LogP contribution in [0.2, 0.25) is 0 Å². The maximum Gasteiger partial charge on any atom is 0.255 e. The van der Waals surface area contributed by atoms with Crippen LogP contribution < -0.4 is 10.1 Å². The van der Waals surface area contributed by atoms with Crippen LogP contribution >= 0.6 is 0 Å². The van der Waals surface area contributed by atoms with Crippen LogP contribution in [0.4, 0.5) is 0 Å². The third-order valence-electron chi connectivity index (χ3n) is 5.38. The van der Waals surface area contributed by atoms with Gasteiger partial charge in [0, 0.05) is 17.8 Å². The number of nitrogens with one attached hydrogen (secondary N) is 2. The van der Waals surface area contributed by atoms with Gasteiger partial charge < -0.3 is 10.1 Å². The quantitative estimate of drug-likeness (QED) is 0.710. The molecule has 2 heterocycles. The van der Waals surface area contributed by atoms with Gasteiger partial charge in [-0.05, 0) is 50.3 Å². The molecule has 7 nitrogen and oxygen atoms in total. The highest BCUT2D eigenvalue weighted by Crippen LogP contribution is 2.29. The van der Waals surface area contributed by atoms with Crippen molar-refractivity contribution in [2.75, 3.05) is 7.11 Å². The van der Waals surface area contributed by atoms with Gasteiger partial charge in [0.25, 0.3) is 5.91 Å². The summed E-state index contributed by atoms with van der Waals surface area (Å²) in [6.45, 7) is 2.06. The highest BCUT2D eigenvalue weighted by molar-refractivity contribution is 5.99. The van der Waals surface area contributed by atoms with E-state index in [2.05, 4.69) is 38.4 Å². The molecular formula is C21H25N5O2. The van der Waals surface area contributed by atoms with Crippen LogP contribution in [-0.2, 0) is 0 Å². The van der Waals surface area contributed by atoms with E-state index in [4.69, 9.17) is 4.74 Å². The first-order chi connectivity index (χ1) is 13.6. The smallest absolute Gasteiger partial charge is 0.255 e. The zero-order valence-corrected chi connectivity index (χ0v) is 16.2. The van der Waals surface area contributed by atoms with Gasteiger partial charge in [-0.3, -0.25) is 14.6 Å². The van der Waals surface area contributed by atoms with Crippen molar-refractivity contribution in [3.05, 3.63) is 54.0 Å². The van der Waals surface area contributed by atoms with E-state index in [1.54, 1.807) is 13.3 Å². The maximum absolute atomic E-state index is 12.9. The largest absolute Gasteiger partial charge is 0.497 e. The van der Waals surface area contributed by atoms with E-state index >= 15 is 0 Å². The number of amides is 1. The molecular weight excluding hydrogens is 354 g/mol. The molecule has 28 heavy (non-hydrogen) atoms. The fourth-order valence-corrected chi connectivity index (χ4v) is 3.84. The highest BCUT2D eigenvalue weighted by Gasteiger charge is 2.25. The number of hydrogen-bond acceptors (Lipinski definition) is 4. The lowest BCUT2D eigenvalue weighted by atomic mass is 9.91. The Hall–Kier alpha value is -3.09. The Balaban J connectivity index is 1.40. The van der Waals surface area contributed by atoms with Crippen molar-refractivity contribution in [3.8, 4) is 17.0 Å². The number of rotatable bonds is 5. The molecule has 0 unspecified atom stereocenters. The van der Waals surface area contributed by atoms with Gasteiger partial charge >= 0.3 is 0 Å². The SMILES string of the molecule is COc1cccc(-c2[nH]ncc2C(=O)NC2CCC(n3cc(C)cn3)CC2)c1. The first-order valence-electron chi connectivity index (χ1n) is 9.63. The van der Waals surface area contributed by atoms with E-state index in [-0.39, 0.29) is 11.9 Å². The second kappa shape index (κ2) is 7.88. The highest BCUT2D eigenvalue weighted by atomic mass is 16.5. The van der Waals surface area contributed by atoms with E-state index in [1.165, 1.54) is 5.56 Å². The summed E-state index contributed by atoms with van der Waals surface area (Å²) in [4.78, 5) is 12.9. The molecule has 4 rings (SSSR count). The minimum absolute atomic E-state index is 0.0926. The van der Waals surface area contributed by atoms with Crippen molar-refractivity contribution < 1.29 is 9.53 Å². The average molecular weight is 379 g/mol. The van der Waals surface area contributed by atoms with Gasteiger partial charge in [0.1, 0.15) is 5.75 Å². The summed E-state index contributed by atoms with van der Waals surface area (Å²) < 4.78 is 7.34. The number of ether oxygens (including phenoxy) is 1. The Kier molecular flexibility index (Phi) is 5.14. The van der Waals surface area contributed by atoms with Crippen molar-refractivity contribution in [1.82, 2.24) is 25.3 Å². The van der Waals surface area contributed by atoms with Gasteiger partial charge in [-0.15, -0.1) is 0 Å².